The lowest BCUT2D eigenvalue weighted by atomic mass is 9.75. The van der Waals surface area contributed by atoms with Crippen molar-refractivity contribution in [2.45, 2.75) is 63.6 Å². The molecule has 1 aromatic carbocycles. The van der Waals surface area contributed by atoms with Crippen molar-refractivity contribution < 1.29 is 33.3 Å². The van der Waals surface area contributed by atoms with Crippen LogP contribution in [0.3, 0.4) is 0 Å². The molecule has 2 saturated heterocycles. The highest BCUT2D eigenvalue weighted by molar-refractivity contribution is 6.28. The van der Waals surface area contributed by atoms with E-state index >= 15 is 0 Å². The average Bonchev–Trinajstić information content (AvgIpc) is 3.55. The molecule has 4 heterocycles. The summed E-state index contributed by atoms with van der Waals surface area (Å²) >= 11 is 6.41. The molecule has 4 atom stereocenters. The van der Waals surface area contributed by atoms with Crippen LogP contribution in [0.5, 0.6) is 0 Å². The number of fused-ring (bicyclic) bond motifs is 3. The van der Waals surface area contributed by atoms with Gasteiger partial charge in [0, 0.05) is 39.3 Å². The average molecular weight is 570 g/mol. The number of imidazole rings is 1. The van der Waals surface area contributed by atoms with Gasteiger partial charge in [0.25, 0.3) is 0 Å². The number of aryl methyl sites for hydroxylation is 1. The van der Waals surface area contributed by atoms with E-state index in [0.29, 0.717) is 17.0 Å². The zero-order valence-corrected chi connectivity index (χ0v) is 23.0. The number of rotatable bonds is 6. The number of hydrogen-bond acceptors (Lipinski definition) is 11. The molecule has 13 heteroatoms. The fraction of sp³-hybridized carbons (Fsp3) is 0.481. The predicted molar refractivity (Wildman–Crippen MR) is 141 cm³/mol. The van der Waals surface area contributed by atoms with E-state index < -0.39 is 42.4 Å². The number of halogens is 1. The Balaban J connectivity index is 1.34. The first-order chi connectivity index (χ1) is 19.1. The monoisotopic (exact) mass is 569 g/mol. The standard InChI is InChI=1S/C27H28ClN5O7/c1-14(34)37-10-19-21(38-15(2)35)22(39-16(3)36)25(40-19)33-13-29-20-23(30-26(28)31-24(20)33)32-11-27(12-32)9-8-17-6-4-5-7-18(17)27/h4-7,13,19,21-22,25H,8-12H2,1-3H3. The molecule has 210 valence electrons. The molecule has 40 heavy (non-hydrogen) atoms. The molecule has 2 aliphatic heterocycles. The number of anilines is 1. The Morgan fingerprint density at radius 2 is 1.77 bits per heavy atom. The Hall–Kier alpha value is -3.77. The lowest BCUT2D eigenvalue weighted by Crippen LogP contribution is -2.58. The van der Waals surface area contributed by atoms with Crippen LogP contribution in [0.2, 0.25) is 5.28 Å². The van der Waals surface area contributed by atoms with Gasteiger partial charge in [-0.3, -0.25) is 19.0 Å². The molecular formula is C27H28ClN5O7. The number of ether oxygens (including phenoxy) is 4. The van der Waals surface area contributed by atoms with E-state index in [0.717, 1.165) is 25.9 Å². The third kappa shape index (κ3) is 4.54. The summed E-state index contributed by atoms with van der Waals surface area (Å²) in [6.07, 6.45) is -0.402. The predicted octanol–water partition coefficient (Wildman–Crippen LogP) is 2.51. The van der Waals surface area contributed by atoms with Crippen LogP contribution in [0.1, 0.15) is 44.5 Å². The van der Waals surface area contributed by atoms with Crippen LogP contribution in [-0.4, -0.2) is 75.4 Å². The summed E-state index contributed by atoms with van der Waals surface area (Å²) in [6.45, 7) is 5.06. The zero-order chi connectivity index (χ0) is 28.2. The van der Waals surface area contributed by atoms with Crippen molar-refractivity contribution in [3.05, 3.63) is 47.0 Å². The number of hydrogen-bond donors (Lipinski definition) is 0. The fourth-order valence-corrected chi connectivity index (χ4v) is 6.29. The summed E-state index contributed by atoms with van der Waals surface area (Å²) < 4.78 is 23.9. The number of nitrogens with zero attached hydrogens (tertiary/aromatic N) is 5. The molecule has 3 aliphatic rings. The smallest absolute Gasteiger partial charge is 0.303 e. The van der Waals surface area contributed by atoms with Crippen LogP contribution in [0.4, 0.5) is 5.82 Å². The largest absolute Gasteiger partial charge is 0.463 e. The van der Waals surface area contributed by atoms with E-state index in [1.54, 1.807) is 4.57 Å². The highest BCUT2D eigenvalue weighted by Crippen LogP contribution is 2.47. The molecule has 2 fully saturated rings. The number of esters is 3. The van der Waals surface area contributed by atoms with Gasteiger partial charge < -0.3 is 23.8 Å². The van der Waals surface area contributed by atoms with E-state index in [1.807, 2.05) is 0 Å². The maximum atomic E-state index is 12.1. The van der Waals surface area contributed by atoms with E-state index in [2.05, 4.69) is 44.1 Å². The first-order valence-corrected chi connectivity index (χ1v) is 13.4. The van der Waals surface area contributed by atoms with Crippen molar-refractivity contribution in [1.82, 2.24) is 19.5 Å². The van der Waals surface area contributed by atoms with Crippen molar-refractivity contribution in [3.63, 3.8) is 0 Å². The number of carbonyl (C=O) groups excluding carboxylic acids is 3. The van der Waals surface area contributed by atoms with Crippen LogP contribution in [0.25, 0.3) is 11.2 Å². The molecule has 4 unspecified atom stereocenters. The van der Waals surface area contributed by atoms with E-state index in [9.17, 15) is 14.4 Å². The van der Waals surface area contributed by atoms with Gasteiger partial charge in [0.1, 0.15) is 12.7 Å². The molecule has 1 aliphatic carbocycles. The minimum Gasteiger partial charge on any atom is -0.463 e. The maximum Gasteiger partial charge on any atom is 0.303 e. The second-order valence-electron chi connectivity index (χ2n) is 10.4. The normalized spacial score (nSPS) is 24.6. The Labute approximate surface area is 234 Å². The van der Waals surface area contributed by atoms with Crippen molar-refractivity contribution >= 4 is 46.5 Å². The minimum atomic E-state index is -1.07. The number of benzene rings is 1. The fourth-order valence-electron chi connectivity index (χ4n) is 6.13. The Morgan fingerprint density at radius 3 is 2.50 bits per heavy atom. The number of carbonyl (C=O) groups is 3. The topological polar surface area (TPSA) is 135 Å². The van der Waals surface area contributed by atoms with Crippen LogP contribution >= 0.6 is 11.6 Å². The van der Waals surface area contributed by atoms with Crippen molar-refractivity contribution in [2.24, 2.45) is 0 Å². The van der Waals surface area contributed by atoms with Crippen LogP contribution < -0.4 is 4.90 Å². The third-order valence-corrected chi connectivity index (χ3v) is 7.91. The molecule has 6 rings (SSSR count). The second kappa shape index (κ2) is 10.0. The van der Waals surface area contributed by atoms with Gasteiger partial charge in [-0.1, -0.05) is 24.3 Å². The summed E-state index contributed by atoms with van der Waals surface area (Å²) in [5.74, 6) is -1.15. The van der Waals surface area contributed by atoms with Crippen molar-refractivity contribution in [1.29, 1.82) is 0 Å². The molecule has 0 amide bonds. The summed E-state index contributed by atoms with van der Waals surface area (Å²) in [7, 11) is 0. The van der Waals surface area contributed by atoms with Gasteiger partial charge in [-0.25, -0.2) is 4.98 Å². The Kier molecular flexibility index (Phi) is 6.62. The molecular weight excluding hydrogens is 542 g/mol. The van der Waals surface area contributed by atoms with Crippen molar-refractivity contribution in [2.75, 3.05) is 24.6 Å². The summed E-state index contributed by atoms with van der Waals surface area (Å²) in [5, 5.41) is 0.0204. The first kappa shape index (κ1) is 26.5. The van der Waals surface area contributed by atoms with Gasteiger partial charge in [-0.05, 0) is 35.6 Å². The molecule has 0 saturated carbocycles. The molecule has 12 nitrogen and oxygen atoms in total. The Bertz CT molecular complexity index is 1500. The molecule has 0 N–H and O–H groups in total. The van der Waals surface area contributed by atoms with Gasteiger partial charge in [-0.15, -0.1) is 0 Å². The first-order valence-electron chi connectivity index (χ1n) is 13.0. The van der Waals surface area contributed by atoms with Crippen LogP contribution in [-0.2, 0) is 45.2 Å². The Morgan fingerprint density at radius 1 is 1.05 bits per heavy atom. The van der Waals surface area contributed by atoms with E-state index in [4.69, 9.17) is 30.5 Å². The summed E-state index contributed by atoms with van der Waals surface area (Å²) in [6, 6.07) is 8.54. The van der Waals surface area contributed by atoms with Gasteiger partial charge in [0.05, 0.1) is 6.33 Å². The van der Waals surface area contributed by atoms with Gasteiger partial charge in [-0.2, -0.15) is 9.97 Å². The lowest BCUT2D eigenvalue weighted by molar-refractivity contribution is -0.166. The zero-order valence-electron chi connectivity index (χ0n) is 22.2. The lowest BCUT2D eigenvalue weighted by Gasteiger charge is -2.49. The van der Waals surface area contributed by atoms with E-state index in [1.165, 1.54) is 38.2 Å². The minimum absolute atomic E-state index is 0.0204. The molecule has 3 aromatic rings. The summed E-state index contributed by atoms with van der Waals surface area (Å²) in [5.41, 5.74) is 3.70. The van der Waals surface area contributed by atoms with Gasteiger partial charge in [0.15, 0.2) is 35.4 Å². The maximum absolute atomic E-state index is 12.1. The highest BCUT2D eigenvalue weighted by atomic mass is 35.5. The molecule has 0 bridgehead atoms. The van der Waals surface area contributed by atoms with E-state index in [-0.39, 0.29) is 17.3 Å². The highest BCUT2D eigenvalue weighted by Gasteiger charge is 2.52. The molecule has 2 aromatic heterocycles. The third-order valence-electron chi connectivity index (χ3n) is 7.74. The van der Waals surface area contributed by atoms with Gasteiger partial charge >= 0.3 is 17.9 Å². The quantitative estimate of drug-likeness (QED) is 0.246. The number of aromatic nitrogens is 4. The van der Waals surface area contributed by atoms with Gasteiger partial charge in [0.2, 0.25) is 5.28 Å². The summed E-state index contributed by atoms with van der Waals surface area (Å²) in [4.78, 5) is 51.1. The van der Waals surface area contributed by atoms with Crippen LogP contribution in [0.15, 0.2) is 30.6 Å². The van der Waals surface area contributed by atoms with Crippen molar-refractivity contribution in [3.8, 4) is 0 Å². The molecule has 1 spiro atoms. The SMILES string of the molecule is CC(=O)OCC1OC(n2cnc3c(N4CC5(CCc6ccccc65)C4)nc(Cl)nc32)C(OC(C)=O)C1OC(C)=O. The second-order valence-corrected chi connectivity index (χ2v) is 10.8. The van der Waals surface area contributed by atoms with Crippen LogP contribution in [0, 0.1) is 0 Å². The molecule has 0 radical (unpaired) electrons.